The van der Waals surface area contributed by atoms with Gasteiger partial charge >= 0.3 is 6.09 Å². The van der Waals surface area contributed by atoms with Crippen molar-refractivity contribution in [1.82, 2.24) is 9.62 Å². The molecule has 31 heavy (non-hydrogen) atoms. The highest BCUT2D eigenvalue weighted by molar-refractivity contribution is 9.10. The first-order valence-electron chi connectivity index (χ1n) is 11.1. The third-order valence-corrected chi connectivity index (χ3v) is 8.52. The van der Waals surface area contributed by atoms with Gasteiger partial charge in [0.1, 0.15) is 10.3 Å². The predicted octanol–water partition coefficient (Wildman–Crippen LogP) is 5.59. The molecule has 1 N–H and O–H groups in total. The lowest BCUT2D eigenvalue weighted by molar-refractivity contribution is 0.0272. The zero-order valence-corrected chi connectivity index (χ0v) is 22.1. The third kappa shape index (κ3) is 6.40. The Hall–Kier alpha value is -0.760. The minimum absolute atomic E-state index is 0.0569. The molecule has 1 aromatic rings. The molecule has 1 aromatic carbocycles. The minimum Gasteiger partial charge on any atom is -0.598 e. The number of ether oxygens (including phenoxy) is 1. The van der Waals surface area contributed by atoms with E-state index in [1.165, 1.54) is 5.56 Å². The normalized spacial score (nSPS) is 27.7. The molecule has 0 bridgehead atoms. The van der Waals surface area contributed by atoms with Crippen LogP contribution in [0.1, 0.15) is 72.8 Å². The summed E-state index contributed by atoms with van der Waals surface area (Å²) in [5.74, 6) is 0. The van der Waals surface area contributed by atoms with Crippen molar-refractivity contribution in [1.29, 1.82) is 0 Å². The van der Waals surface area contributed by atoms with Gasteiger partial charge in [-0.2, -0.15) is 0 Å². The summed E-state index contributed by atoms with van der Waals surface area (Å²) in [5, 5.41) is 0. The van der Waals surface area contributed by atoms with Crippen molar-refractivity contribution in [3.8, 4) is 0 Å². The molecule has 1 heterocycles. The highest BCUT2D eigenvalue weighted by atomic mass is 79.9. The molecule has 3 atom stereocenters. The van der Waals surface area contributed by atoms with E-state index in [9.17, 15) is 9.35 Å². The maximum atomic E-state index is 13.1. The Balaban J connectivity index is 1.78. The molecule has 1 amide bonds. The molecule has 0 aromatic heterocycles. The molecule has 1 spiro atoms. The Morgan fingerprint density at radius 2 is 1.81 bits per heavy atom. The number of amides is 1. The quantitative estimate of drug-likeness (QED) is 0.533. The first kappa shape index (κ1) is 24.9. The van der Waals surface area contributed by atoms with Gasteiger partial charge in [0.05, 0.1) is 5.54 Å². The number of nitrogens with one attached hydrogen (secondary N) is 1. The highest BCUT2D eigenvalue weighted by Gasteiger charge is 2.54. The average molecular weight is 514 g/mol. The van der Waals surface area contributed by atoms with Crippen LogP contribution < -0.4 is 4.72 Å². The Kier molecular flexibility index (Phi) is 7.13. The molecule has 1 aliphatic heterocycles. The molecule has 3 unspecified atom stereocenters. The second kappa shape index (κ2) is 8.88. The molecule has 1 saturated carbocycles. The minimum atomic E-state index is -1.16. The fourth-order valence-electron chi connectivity index (χ4n) is 4.78. The van der Waals surface area contributed by atoms with Crippen LogP contribution in [-0.2, 0) is 22.5 Å². The highest BCUT2D eigenvalue weighted by Crippen LogP contribution is 2.51. The molecule has 1 aliphatic carbocycles. The smallest absolute Gasteiger partial charge is 0.410 e. The number of carbonyl (C=O) groups excluding carboxylic acids is 1. The van der Waals surface area contributed by atoms with Gasteiger partial charge in [0.25, 0.3) is 0 Å². The predicted molar refractivity (Wildman–Crippen MR) is 130 cm³/mol. The van der Waals surface area contributed by atoms with Crippen molar-refractivity contribution in [3.05, 3.63) is 34.3 Å². The fourth-order valence-corrected chi connectivity index (χ4v) is 5.99. The number of rotatable bonds is 4. The summed E-state index contributed by atoms with van der Waals surface area (Å²) in [5.41, 5.74) is 0.566. The van der Waals surface area contributed by atoms with E-state index in [2.05, 4.69) is 44.9 Å². The van der Waals surface area contributed by atoms with Crippen molar-refractivity contribution in [2.75, 3.05) is 13.1 Å². The van der Waals surface area contributed by atoms with E-state index >= 15 is 0 Å². The molecule has 2 aliphatic rings. The molecule has 0 radical (unpaired) electrons. The van der Waals surface area contributed by atoms with Gasteiger partial charge in [0.2, 0.25) is 0 Å². The molecule has 174 valence electrons. The van der Waals surface area contributed by atoms with Gasteiger partial charge in [0.15, 0.2) is 0 Å². The van der Waals surface area contributed by atoms with Gasteiger partial charge < -0.3 is 14.2 Å². The number of hydrogen-bond acceptors (Lipinski definition) is 4. The van der Waals surface area contributed by atoms with Crippen molar-refractivity contribution in [2.24, 2.45) is 5.41 Å². The molecule has 5 nitrogen and oxygen atoms in total. The number of carbonyl (C=O) groups is 1. The number of benzene rings is 1. The van der Waals surface area contributed by atoms with Crippen molar-refractivity contribution < 1.29 is 14.1 Å². The van der Waals surface area contributed by atoms with Crippen LogP contribution in [0.4, 0.5) is 4.79 Å². The fraction of sp³-hybridized carbons (Fsp3) is 0.708. The Morgan fingerprint density at radius 3 is 2.39 bits per heavy atom. The first-order chi connectivity index (χ1) is 14.2. The van der Waals surface area contributed by atoms with E-state index in [-0.39, 0.29) is 21.8 Å². The number of halogens is 1. The zero-order chi connectivity index (χ0) is 23.1. The van der Waals surface area contributed by atoms with Crippen molar-refractivity contribution in [3.63, 3.8) is 0 Å². The molecule has 3 rings (SSSR count). The van der Waals surface area contributed by atoms with Gasteiger partial charge in [-0.3, -0.25) is 0 Å². The van der Waals surface area contributed by atoms with Gasteiger partial charge in [0, 0.05) is 28.9 Å². The molecular formula is C24H37BrN2O3S. The molecule has 7 heteroatoms. The van der Waals surface area contributed by atoms with Crippen LogP contribution in [0.3, 0.4) is 0 Å². The average Bonchev–Trinajstić information content (AvgIpc) is 3.19. The van der Waals surface area contributed by atoms with Gasteiger partial charge in [-0.25, -0.2) is 4.79 Å². The van der Waals surface area contributed by atoms with E-state index in [1.807, 2.05) is 46.4 Å². The van der Waals surface area contributed by atoms with Crippen molar-refractivity contribution in [2.45, 2.75) is 89.5 Å². The van der Waals surface area contributed by atoms with Crippen LogP contribution in [0.15, 0.2) is 28.7 Å². The van der Waals surface area contributed by atoms with E-state index in [0.29, 0.717) is 6.54 Å². The maximum Gasteiger partial charge on any atom is 0.410 e. The van der Waals surface area contributed by atoms with Crippen LogP contribution in [0, 0.1) is 5.41 Å². The Morgan fingerprint density at radius 1 is 1.16 bits per heavy atom. The SMILES string of the molecule is CC(C)(C)OC(=O)N1CCC2(CCC(Cc3ccc(Br)cc3)(N[S+]([O-])C(C)(C)C)C2)C1. The van der Waals surface area contributed by atoms with Crippen LogP contribution in [-0.4, -0.2) is 44.5 Å². The third-order valence-electron chi connectivity index (χ3n) is 6.26. The number of likely N-dealkylation sites (tertiary alicyclic amines) is 1. The maximum absolute atomic E-state index is 13.1. The van der Waals surface area contributed by atoms with E-state index < -0.39 is 17.0 Å². The topological polar surface area (TPSA) is 64.6 Å². The summed E-state index contributed by atoms with van der Waals surface area (Å²) in [7, 11) is 0. The summed E-state index contributed by atoms with van der Waals surface area (Å²) in [4.78, 5) is 14.5. The van der Waals surface area contributed by atoms with Crippen LogP contribution in [0.5, 0.6) is 0 Å². The molecular weight excluding hydrogens is 476 g/mol. The molecule has 2 fully saturated rings. The summed E-state index contributed by atoms with van der Waals surface area (Å²) >= 11 is 2.36. The Bertz CT molecular complexity index is 789. The van der Waals surface area contributed by atoms with Gasteiger partial charge in [-0.05, 0) is 96.8 Å². The first-order valence-corrected chi connectivity index (χ1v) is 13.1. The lowest BCUT2D eigenvalue weighted by Crippen LogP contribution is -2.54. The summed E-state index contributed by atoms with van der Waals surface area (Å²) in [6, 6.07) is 8.41. The largest absolute Gasteiger partial charge is 0.598 e. The van der Waals surface area contributed by atoms with Crippen molar-refractivity contribution >= 4 is 33.4 Å². The van der Waals surface area contributed by atoms with Crippen LogP contribution in [0.2, 0.25) is 0 Å². The van der Waals surface area contributed by atoms with E-state index in [1.54, 1.807) is 0 Å². The van der Waals surface area contributed by atoms with Crippen LogP contribution >= 0.6 is 15.9 Å². The van der Waals surface area contributed by atoms with E-state index in [0.717, 1.165) is 43.1 Å². The zero-order valence-electron chi connectivity index (χ0n) is 19.7. The monoisotopic (exact) mass is 512 g/mol. The lowest BCUT2D eigenvalue weighted by atomic mass is 9.81. The standard InChI is InChI=1S/C24H37BrN2O3S/c1-21(2,3)30-20(28)27-14-13-23(17-27)11-12-24(16-23,26-31(29)22(4,5)6)15-18-7-9-19(25)10-8-18/h7-10,26H,11-17H2,1-6H3. The second-order valence-electron chi connectivity index (χ2n) is 11.4. The summed E-state index contributed by atoms with van der Waals surface area (Å²) in [6.07, 6.45) is 4.47. The van der Waals surface area contributed by atoms with Gasteiger partial charge in [-0.15, -0.1) is 4.72 Å². The summed E-state index contributed by atoms with van der Waals surface area (Å²) in [6.45, 7) is 13.2. The van der Waals surface area contributed by atoms with Gasteiger partial charge in [-0.1, -0.05) is 28.1 Å². The number of hydrogen-bond donors (Lipinski definition) is 1. The number of nitrogens with zero attached hydrogens (tertiary/aromatic N) is 1. The molecule has 1 saturated heterocycles. The van der Waals surface area contributed by atoms with Crippen LogP contribution in [0.25, 0.3) is 0 Å². The summed E-state index contributed by atoms with van der Waals surface area (Å²) < 4.78 is 23.0. The lowest BCUT2D eigenvalue weighted by Gasteiger charge is -2.36. The second-order valence-corrected chi connectivity index (χ2v) is 14.3. The van der Waals surface area contributed by atoms with E-state index in [4.69, 9.17) is 4.74 Å². The Labute approximate surface area is 199 Å².